The third kappa shape index (κ3) is 4.07. The van der Waals surface area contributed by atoms with Gasteiger partial charge in [-0.1, -0.05) is 30.3 Å². The van der Waals surface area contributed by atoms with Gasteiger partial charge in [0, 0.05) is 0 Å². The number of hydrogen-bond donors (Lipinski definition) is 1. The first-order chi connectivity index (χ1) is 7.81. The summed E-state index contributed by atoms with van der Waals surface area (Å²) in [6.45, 7) is 7.29. The molecule has 4 heteroatoms. The molecule has 0 aliphatic carbocycles. The number of ether oxygens (including phenoxy) is 1. The Morgan fingerprint density at radius 2 is 1.82 bits per heavy atom. The number of rotatable bonds is 2. The van der Waals surface area contributed by atoms with Crippen molar-refractivity contribution in [3.63, 3.8) is 0 Å². The molecule has 0 spiro atoms. The highest BCUT2D eigenvalue weighted by Gasteiger charge is 2.24. The Bertz CT molecular complexity index is 371. The summed E-state index contributed by atoms with van der Waals surface area (Å²) in [5.41, 5.74) is 0.436. The number of hydrogen-bond acceptors (Lipinski definition) is 3. The highest BCUT2D eigenvalue weighted by atomic mass is 16.6. The Kier molecular flexibility index (Phi) is 4.12. The molecule has 1 rings (SSSR count). The zero-order valence-corrected chi connectivity index (χ0v) is 10.8. The van der Waals surface area contributed by atoms with Gasteiger partial charge in [0.25, 0.3) is 0 Å². The maximum atomic E-state index is 11.8. The first-order valence-corrected chi connectivity index (χ1v) is 5.63. The summed E-state index contributed by atoms with van der Waals surface area (Å²) >= 11 is 0. The number of nitrogens with two attached hydrogens (primary N) is 1. The van der Waals surface area contributed by atoms with Crippen molar-refractivity contribution in [1.82, 2.24) is 5.01 Å². The van der Waals surface area contributed by atoms with Crippen LogP contribution in [0.5, 0.6) is 0 Å². The molecule has 0 radical (unpaired) electrons. The van der Waals surface area contributed by atoms with Crippen molar-refractivity contribution in [3.05, 3.63) is 35.9 Å². The van der Waals surface area contributed by atoms with Crippen molar-refractivity contribution in [2.45, 2.75) is 39.3 Å². The van der Waals surface area contributed by atoms with Gasteiger partial charge in [0.2, 0.25) is 0 Å². The minimum Gasteiger partial charge on any atom is -0.443 e. The largest absolute Gasteiger partial charge is 0.443 e. The Labute approximate surface area is 102 Å². The highest BCUT2D eigenvalue weighted by molar-refractivity contribution is 5.68. The lowest BCUT2D eigenvalue weighted by molar-refractivity contribution is 0.0171. The van der Waals surface area contributed by atoms with Gasteiger partial charge in [-0.3, -0.25) is 0 Å². The molecule has 1 atom stereocenters. The second-order valence-electron chi connectivity index (χ2n) is 4.97. The number of benzene rings is 1. The Hall–Kier alpha value is -1.55. The van der Waals surface area contributed by atoms with Gasteiger partial charge in [-0.15, -0.1) is 0 Å². The number of amides is 1. The average molecular weight is 236 g/mol. The highest BCUT2D eigenvalue weighted by Crippen LogP contribution is 2.19. The summed E-state index contributed by atoms with van der Waals surface area (Å²) in [6, 6.07) is 9.38. The number of carbonyl (C=O) groups excluding carboxylic acids is 1. The number of hydrazine groups is 1. The zero-order chi connectivity index (χ0) is 13.1. The van der Waals surface area contributed by atoms with Crippen LogP contribution in [0.15, 0.2) is 30.3 Å². The molecule has 0 aliphatic heterocycles. The van der Waals surface area contributed by atoms with Gasteiger partial charge in [0.05, 0.1) is 6.04 Å². The van der Waals surface area contributed by atoms with Gasteiger partial charge in [-0.2, -0.15) is 0 Å². The molecule has 4 nitrogen and oxygen atoms in total. The SMILES string of the molecule is C[C@H](c1ccccc1)N(N)C(=O)OC(C)(C)C. The van der Waals surface area contributed by atoms with E-state index in [1.807, 2.05) is 58.0 Å². The van der Waals surface area contributed by atoms with Crippen LogP contribution in [-0.2, 0) is 4.74 Å². The lowest BCUT2D eigenvalue weighted by Gasteiger charge is -2.28. The summed E-state index contributed by atoms with van der Waals surface area (Å²) in [7, 11) is 0. The van der Waals surface area contributed by atoms with E-state index >= 15 is 0 Å². The van der Waals surface area contributed by atoms with E-state index in [0.29, 0.717) is 0 Å². The van der Waals surface area contributed by atoms with E-state index in [9.17, 15) is 4.79 Å². The summed E-state index contributed by atoms with van der Waals surface area (Å²) in [5, 5.41) is 1.11. The Morgan fingerprint density at radius 1 is 1.29 bits per heavy atom. The van der Waals surface area contributed by atoms with Crippen LogP contribution in [0.25, 0.3) is 0 Å². The first-order valence-electron chi connectivity index (χ1n) is 5.63. The van der Waals surface area contributed by atoms with Crippen LogP contribution >= 0.6 is 0 Å². The van der Waals surface area contributed by atoms with Gasteiger partial charge in [-0.25, -0.2) is 15.6 Å². The third-order valence-electron chi connectivity index (χ3n) is 2.30. The molecule has 0 aliphatic rings. The van der Waals surface area contributed by atoms with Gasteiger partial charge < -0.3 is 4.74 Å². The van der Waals surface area contributed by atoms with E-state index in [2.05, 4.69) is 0 Å². The lowest BCUT2D eigenvalue weighted by atomic mass is 10.1. The standard InChI is InChI=1S/C13H20N2O2/c1-10(11-8-6-5-7-9-11)15(14)12(16)17-13(2,3)4/h5-10H,14H2,1-4H3/t10-/m1/s1. The number of carbonyl (C=O) groups is 1. The topological polar surface area (TPSA) is 55.6 Å². The molecule has 17 heavy (non-hydrogen) atoms. The molecule has 0 heterocycles. The fourth-order valence-corrected chi connectivity index (χ4v) is 1.36. The molecule has 1 aromatic rings. The summed E-state index contributed by atoms with van der Waals surface area (Å²) in [4.78, 5) is 11.8. The zero-order valence-electron chi connectivity index (χ0n) is 10.8. The Morgan fingerprint density at radius 3 is 2.29 bits per heavy atom. The molecule has 0 saturated carbocycles. The lowest BCUT2D eigenvalue weighted by Crippen LogP contribution is -2.42. The van der Waals surface area contributed by atoms with E-state index in [-0.39, 0.29) is 6.04 Å². The smallest absolute Gasteiger partial charge is 0.425 e. The fourth-order valence-electron chi connectivity index (χ4n) is 1.36. The maximum Gasteiger partial charge on any atom is 0.425 e. The van der Waals surface area contributed by atoms with Gasteiger partial charge >= 0.3 is 6.09 Å². The second kappa shape index (κ2) is 5.19. The molecule has 0 fully saturated rings. The molecule has 1 amide bonds. The van der Waals surface area contributed by atoms with Gasteiger partial charge in [0.1, 0.15) is 5.60 Å². The summed E-state index contributed by atoms with van der Waals surface area (Å²) in [6.07, 6.45) is -0.520. The molecule has 2 N–H and O–H groups in total. The molecule has 0 unspecified atom stereocenters. The average Bonchev–Trinajstić information content (AvgIpc) is 2.26. The molecule has 1 aromatic carbocycles. The van der Waals surface area contributed by atoms with Crippen LogP contribution in [0.3, 0.4) is 0 Å². The van der Waals surface area contributed by atoms with Crippen LogP contribution in [0.1, 0.15) is 39.3 Å². The second-order valence-corrected chi connectivity index (χ2v) is 4.97. The quantitative estimate of drug-likeness (QED) is 0.488. The van der Waals surface area contributed by atoms with Gasteiger partial charge in [0.15, 0.2) is 0 Å². The summed E-state index contributed by atoms with van der Waals surface area (Å²) in [5.74, 6) is 5.76. The minimum absolute atomic E-state index is 0.217. The van der Waals surface area contributed by atoms with E-state index in [1.165, 1.54) is 0 Å². The molecule has 94 valence electrons. The molecule has 0 aromatic heterocycles. The van der Waals surface area contributed by atoms with E-state index < -0.39 is 11.7 Å². The predicted molar refractivity (Wildman–Crippen MR) is 67.1 cm³/mol. The van der Waals surface area contributed by atoms with E-state index in [1.54, 1.807) is 0 Å². The predicted octanol–water partition coefficient (Wildman–Crippen LogP) is 2.86. The van der Waals surface area contributed by atoms with Crippen LogP contribution in [0, 0.1) is 0 Å². The molecular formula is C13H20N2O2. The van der Waals surface area contributed by atoms with Crippen LogP contribution < -0.4 is 5.84 Å². The van der Waals surface area contributed by atoms with Crippen molar-refractivity contribution in [2.75, 3.05) is 0 Å². The van der Waals surface area contributed by atoms with Crippen molar-refractivity contribution in [2.24, 2.45) is 5.84 Å². The van der Waals surface area contributed by atoms with Crippen LogP contribution in [0.4, 0.5) is 4.79 Å². The Balaban J connectivity index is 2.70. The monoisotopic (exact) mass is 236 g/mol. The molecule has 0 saturated heterocycles. The van der Waals surface area contributed by atoms with Crippen molar-refractivity contribution in [1.29, 1.82) is 0 Å². The first kappa shape index (κ1) is 13.5. The summed E-state index contributed by atoms with van der Waals surface area (Å²) < 4.78 is 5.20. The van der Waals surface area contributed by atoms with E-state index in [0.717, 1.165) is 10.6 Å². The minimum atomic E-state index is -0.537. The van der Waals surface area contributed by atoms with Crippen LogP contribution in [0.2, 0.25) is 0 Å². The fraction of sp³-hybridized carbons (Fsp3) is 0.462. The van der Waals surface area contributed by atoms with E-state index in [4.69, 9.17) is 10.6 Å². The normalized spacial score (nSPS) is 13.0. The van der Waals surface area contributed by atoms with Crippen LogP contribution in [-0.4, -0.2) is 16.7 Å². The van der Waals surface area contributed by atoms with Crippen molar-refractivity contribution < 1.29 is 9.53 Å². The van der Waals surface area contributed by atoms with Crippen molar-refractivity contribution in [3.8, 4) is 0 Å². The molecule has 0 bridgehead atoms. The molecular weight excluding hydrogens is 216 g/mol. The van der Waals surface area contributed by atoms with Gasteiger partial charge in [-0.05, 0) is 33.3 Å². The maximum absolute atomic E-state index is 11.8. The third-order valence-corrected chi connectivity index (χ3v) is 2.30. The number of nitrogens with zero attached hydrogens (tertiary/aromatic N) is 1. The van der Waals surface area contributed by atoms with Crippen molar-refractivity contribution >= 4 is 6.09 Å².